The minimum Gasteiger partial charge on any atom is -0.398 e. The molecule has 2 amide bonds. The number of anilines is 1. The topological polar surface area (TPSA) is 66.6 Å². The van der Waals surface area contributed by atoms with E-state index in [-0.39, 0.29) is 24.8 Å². The number of carbonyl (C=O) groups excluding carboxylic acids is 2. The van der Waals surface area contributed by atoms with Crippen molar-refractivity contribution in [3.05, 3.63) is 29.8 Å². The second-order valence-corrected chi connectivity index (χ2v) is 4.86. The quantitative estimate of drug-likeness (QED) is 0.788. The van der Waals surface area contributed by atoms with Crippen LogP contribution < -0.4 is 5.73 Å². The van der Waals surface area contributed by atoms with E-state index in [9.17, 15) is 9.59 Å². The number of nitrogen functional groups attached to an aromatic ring is 1. The number of nitrogens with zero attached hydrogens (tertiary/aromatic N) is 2. The normalized spacial score (nSPS) is 16.4. The number of para-hydroxylation sites is 1. The lowest BCUT2D eigenvalue weighted by atomic mass is 10.1. The van der Waals surface area contributed by atoms with Crippen LogP contribution in [0.15, 0.2) is 24.3 Å². The molecule has 1 heterocycles. The minimum atomic E-state index is -0.0402. The summed E-state index contributed by atoms with van der Waals surface area (Å²) in [5.74, 6) is -0.0477. The zero-order chi connectivity index (χ0) is 13.8. The molecule has 0 unspecified atom stereocenters. The Hall–Kier alpha value is -2.04. The molecule has 0 saturated carbocycles. The summed E-state index contributed by atoms with van der Waals surface area (Å²) in [7, 11) is 1.77. The second-order valence-electron chi connectivity index (χ2n) is 4.86. The van der Waals surface area contributed by atoms with E-state index >= 15 is 0 Å². The molecule has 1 aromatic carbocycles. The van der Waals surface area contributed by atoms with E-state index in [0.717, 1.165) is 12.0 Å². The van der Waals surface area contributed by atoms with Crippen molar-refractivity contribution in [2.24, 2.45) is 0 Å². The highest BCUT2D eigenvalue weighted by atomic mass is 16.2. The SMILES string of the molecule is CN1CCCN(C(=O)Cc2ccccc2N)CC1=O. The van der Waals surface area contributed by atoms with Crippen LogP contribution >= 0.6 is 0 Å². The Morgan fingerprint density at radius 3 is 2.79 bits per heavy atom. The highest BCUT2D eigenvalue weighted by molar-refractivity contribution is 5.86. The first-order chi connectivity index (χ1) is 9.08. The lowest BCUT2D eigenvalue weighted by molar-refractivity contribution is -0.137. The van der Waals surface area contributed by atoms with Gasteiger partial charge in [0.1, 0.15) is 0 Å². The summed E-state index contributed by atoms with van der Waals surface area (Å²) < 4.78 is 0. The fourth-order valence-electron chi connectivity index (χ4n) is 2.17. The lowest BCUT2D eigenvalue weighted by Crippen LogP contribution is -2.38. The summed E-state index contributed by atoms with van der Waals surface area (Å²) in [6.45, 7) is 1.50. The van der Waals surface area contributed by atoms with Gasteiger partial charge in [-0.2, -0.15) is 0 Å². The lowest BCUT2D eigenvalue weighted by Gasteiger charge is -2.20. The Morgan fingerprint density at radius 1 is 1.32 bits per heavy atom. The van der Waals surface area contributed by atoms with Gasteiger partial charge in [0.2, 0.25) is 11.8 Å². The monoisotopic (exact) mass is 261 g/mol. The summed E-state index contributed by atoms with van der Waals surface area (Å²) in [5.41, 5.74) is 7.27. The molecular weight excluding hydrogens is 242 g/mol. The smallest absolute Gasteiger partial charge is 0.241 e. The number of amides is 2. The van der Waals surface area contributed by atoms with Crippen LogP contribution in [0.3, 0.4) is 0 Å². The number of rotatable bonds is 2. The van der Waals surface area contributed by atoms with Crippen LogP contribution in [0.5, 0.6) is 0 Å². The number of hydrogen-bond acceptors (Lipinski definition) is 3. The van der Waals surface area contributed by atoms with Gasteiger partial charge in [-0.1, -0.05) is 18.2 Å². The summed E-state index contributed by atoms with van der Waals surface area (Å²) in [5, 5.41) is 0. The minimum absolute atomic E-state index is 0.00752. The number of nitrogens with two attached hydrogens (primary N) is 1. The highest BCUT2D eigenvalue weighted by Crippen LogP contribution is 2.13. The van der Waals surface area contributed by atoms with Gasteiger partial charge in [0.25, 0.3) is 0 Å². The largest absolute Gasteiger partial charge is 0.398 e. The van der Waals surface area contributed by atoms with Crippen LogP contribution in [0.2, 0.25) is 0 Å². The first-order valence-electron chi connectivity index (χ1n) is 6.43. The average molecular weight is 261 g/mol. The van der Waals surface area contributed by atoms with Crippen LogP contribution in [0.4, 0.5) is 5.69 Å². The Labute approximate surface area is 113 Å². The molecule has 1 aliphatic heterocycles. The molecule has 2 rings (SSSR count). The number of hydrogen-bond donors (Lipinski definition) is 1. The van der Waals surface area contributed by atoms with Gasteiger partial charge in [-0.15, -0.1) is 0 Å². The molecule has 1 fully saturated rings. The molecule has 0 radical (unpaired) electrons. The maximum Gasteiger partial charge on any atom is 0.241 e. The number of likely N-dealkylation sites (N-methyl/N-ethyl adjacent to an activating group) is 1. The van der Waals surface area contributed by atoms with Crippen LogP contribution in [0, 0.1) is 0 Å². The molecule has 0 atom stereocenters. The third-order valence-electron chi connectivity index (χ3n) is 3.42. The average Bonchev–Trinajstić information content (AvgIpc) is 2.55. The van der Waals surface area contributed by atoms with Gasteiger partial charge in [0.15, 0.2) is 0 Å². The number of benzene rings is 1. The van der Waals surface area contributed by atoms with E-state index < -0.39 is 0 Å². The van der Waals surface area contributed by atoms with Crippen molar-refractivity contribution in [1.29, 1.82) is 0 Å². The van der Waals surface area contributed by atoms with Gasteiger partial charge in [-0.05, 0) is 18.1 Å². The van der Waals surface area contributed by atoms with E-state index in [1.54, 1.807) is 22.9 Å². The molecule has 19 heavy (non-hydrogen) atoms. The van der Waals surface area contributed by atoms with E-state index in [4.69, 9.17) is 5.73 Å². The molecule has 1 saturated heterocycles. The van der Waals surface area contributed by atoms with Crippen LogP contribution in [0.1, 0.15) is 12.0 Å². The third-order valence-corrected chi connectivity index (χ3v) is 3.42. The molecule has 0 aromatic heterocycles. The molecule has 1 aromatic rings. The van der Waals surface area contributed by atoms with Gasteiger partial charge in [0.05, 0.1) is 13.0 Å². The fourth-order valence-corrected chi connectivity index (χ4v) is 2.17. The highest BCUT2D eigenvalue weighted by Gasteiger charge is 2.23. The van der Waals surface area contributed by atoms with Crippen molar-refractivity contribution < 1.29 is 9.59 Å². The molecule has 102 valence electrons. The molecule has 0 bridgehead atoms. The molecule has 0 spiro atoms. The van der Waals surface area contributed by atoms with E-state index in [2.05, 4.69) is 0 Å². The van der Waals surface area contributed by atoms with E-state index in [0.29, 0.717) is 18.8 Å². The van der Waals surface area contributed by atoms with Crippen molar-refractivity contribution in [3.8, 4) is 0 Å². The molecule has 5 nitrogen and oxygen atoms in total. The molecule has 2 N–H and O–H groups in total. The van der Waals surface area contributed by atoms with Crippen molar-refractivity contribution in [1.82, 2.24) is 9.80 Å². The maximum absolute atomic E-state index is 12.2. The molecular formula is C14H19N3O2. The van der Waals surface area contributed by atoms with Crippen molar-refractivity contribution >= 4 is 17.5 Å². The Kier molecular flexibility index (Phi) is 4.04. The fraction of sp³-hybridized carbons (Fsp3) is 0.429. The summed E-state index contributed by atoms with van der Waals surface area (Å²) in [4.78, 5) is 27.3. The zero-order valence-electron chi connectivity index (χ0n) is 11.1. The maximum atomic E-state index is 12.2. The van der Waals surface area contributed by atoms with Crippen LogP contribution in [-0.2, 0) is 16.0 Å². The van der Waals surface area contributed by atoms with E-state index in [1.165, 1.54) is 0 Å². The Bertz CT molecular complexity index is 487. The molecule has 0 aliphatic carbocycles. The summed E-state index contributed by atoms with van der Waals surface area (Å²) >= 11 is 0. The van der Waals surface area contributed by atoms with Crippen LogP contribution in [-0.4, -0.2) is 48.3 Å². The molecule has 1 aliphatic rings. The predicted molar refractivity (Wildman–Crippen MR) is 73.4 cm³/mol. The van der Waals surface area contributed by atoms with Crippen molar-refractivity contribution in [2.45, 2.75) is 12.8 Å². The first-order valence-corrected chi connectivity index (χ1v) is 6.43. The third kappa shape index (κ3) is 3.24. The number of carbonyl (C=O) groups is 2. The van der Waals surface area contributed by atoms with Gasteiger partial charge in [-0.25, -0.2) is 0 Å². The first kappa shape index (κ1) is 13.4. The Balaban J connectivity index is 2.04. The van der Waals surface area contributed by atoms with Crippen molar-refractivity contribution in [3.63, 3.8) is 0 Å². The molecule has 5 heteroatoms. The van der Waals surface area contributed by atoms with Gasteiger partial charge in [0, 0.05) is 25.8 Å². The van der Waals surface area contributed by atoms with Gasteiger partial charge >= 0.3 is 0 Å². The zero-order valence-corrected chi connectivity index (χ0v) is 11.1. The second kappa shape index (κ2) is 5.73. The van der Waals surface area contributed by atoms with Crippen molar-refractivity contribution in [2.75, 3.05) is 32.4 Å². The summed E-state index contributed by atoms with van der Waals surface area (Å²) in [6.07, 6.45) is 1.07. The van der Waals surface area contributed by atoms with Crippen LogP contribution in [0.25, 0.3) is 0 Å². The summed E-state index contributed by atoms with van der Waals surface area (Å²) in [6, 6.07) is 7.33. The van der Waals surface area contributed by atoms with E-state index in [1.807, 2.05) is 18.2 Å². The Morgan fingerprint density at radius 2 is 2.05 bits per heavy atom. The van der Waals surface area contributed by atoms with Gasteiger partial charge < -0.3 is 15.5 Å². The predicted octanol–water partition coefficient (Wildman–Crippen LogP) is 0.502. The van der Waals surface area contributed by atoms with Gasteiger partial charge in [-0.3, -0.25) is 9.59 Å². The standard InChI is InChI=1S/C14H19N3O2/c1-16-7-4-8-17(10-14(16)19)13(18)9-11-5-2-3-6-12(11)15/h2-3,5-6H,4,7-10,15H2,1H3.